The summed E-state index contributed by atoms with van der Waals surface area (Å²) >= 11 is 0. The first-order chi connectivity index (χ1) is 7.22. The fourth-order valence-electron chi connectivity index (χ4n) is 1.41. The SMILES string of the molecule is C#CC([CH2])=C(C)c1ccc2c(c1)OCO2. The maximum atomic E-state index is 5.30. The van der Waals surface area contributed by atoms with Gasteiger partial charge in [0.05, 0.1) is 0 Å². The molecule has 1 aliphatic rings. The molecule has 1 radical (unpaired) electrons. The number of hydrogen-bond donors (Lipinski definition) is 0. The Hall–Kier alpha value is -1.88. The molecule has 2 nitrogen and oxygen atoms in total. The summed E-state index contributed by atoms with van der Waals surface area (Å²) in [7, 11) is 0. The van der Waals surface area contributed by atoms with Crippen molar-refractivity contribution in [3.8, 4) is 23.8 Å². The number of allylic oxidation sites excluding steroid dienone is 2. The van der Waals surface area contributed by atoms with Crippen LogP contribution in [0.15, 0.2) is 23.8 Å². The highest BCUT2D eigenvalue weighted by Gasteiger charge is 2.13. The molecule has 0 amide bonds. The van der Waals surface area contributed by atoms with E-state index in [1.54, 1.807) is 0 Å². The van der Waals surface area contributed by atoms with Gasteiger partial charge in [-0.15, -0.1) is 6.42 Å². The molecule has 0 atom stereocenters. The Bertz CT molecular complexity index is 464. The van der Waals surface area contributed by atoms with Gasteiger partial charge in [0.15, 0.2) is 11.5 Å². The molecule has 1 aromatic rings. The summed E-state index contributed by atoms with van der Waals surface area (Å²) in [4.78, 5) is 0. The van der Waals surface area contributed by atoms with Crippen LogP contribution in [0.5, 0.6) is 11.5 Å². The lowest BCUT2D eigenvalue weighted by Crippen LogP contribution is -1.92. The van der Waals surface area contributed by atoms with Crippen LogP contribution < -0.4 is 9.47 Å². The molecular formula is C13H11O2. The molecule has 0 unspecified atom stereocenters. The van der Waals surface area contributed by atoms with Crippen LogP contribution in [-0.4, -0.2) is 6.79 Å². The lowest BCUT2D eigenvalue weighted by atomic mass is 10.0. The molecule has 0 N–H and O–H groups in total. The van der Waals surface area contributed by atoms with Crippen LogP contribution >= 0.6 is 0 Å². The first-order valence-corrected chi connectivity index (χ1v) is 4.62. The zero-order valence-electron chi connectivity index (χ0n) is 8.54. The van der Waals surface area contributed by atoms with Crippen molar-refractivity contribution < 1.29 is 9.47 Å². The van der Waals surface area contributed by atoms with E-state index in [0.717, 1.165) is 22.6 Å². The summed E-state index contributed by atoms with van der Waals surface area (Å²) in [5.41, 5.74) is 2.69. The van der Waals surface area contributed by atoms with Gasteiger partial charge in [-0.2, -0.15) is 0 Å². The van der Waals surface area contributed by atoms with Gasteiger partial charge in [-0.05, 0) is 37.1 Å². The van der Waals surface area contributed by atoms with Crippen LogP contribution in [0.3, 0.4) is 0 Å². The third-order valence-electron chi connectivity index (χ3n) is 2.43. The van der Waals surface area contributed by atoms with Gasteiger partial charge in [-0.1, -0.05) is 12.0 Å². The second-order valence-electron chi connectivity index (χ2n) is 3.32. The second kappa shape index (κ2) is 3.70. The smallest absolute Gasteiger partial charge is 0.231 e. The number of terminal acetylenes is 1. The molecule has 1 heterocycles. The quantitative estimate of drug-likeness (QED) is 0.647. The summed E-state index contributed by atoms with van der Waals surface area (Å²) in [6.07, 6.45) is 5.30. The zero-order chi connectivity index (χ0) is 10.8. The predicted molar refractivity (Wildman–Crippen MR) is 59.3 cm³/mol. The van der Waals surface area contributed by atoms with Crippen molar-refractivity contribution >= 4 is 5.57 Å². The minimum absolute atomic E-state index is 0.286. The van der Waals surface area contributed by atoms with E-state index in [1.165, 1.54) is 0 Å². The third-order valence-corrected chi connectivity index (χ3v) is 2.43. The van der Waals surface area contributed by atoms with Crippen LogP contribution in [0, 0.1) is 19.3 Å². The Balaban J connectivity index is 2.44. The fraction of sp³-hybridized carbons (Fsp3) is 0.154. The lowest BCUT2D eigenvalue weighted by molar-refractivity contribution is 0.174. The summed E-state index contributed by atoms with van der Waals surface area (Å²) in [5, 5.41) is 0. The van der Waals surface area contributed by atoms with E-state index in [9.17, 15) is 0 Å². The third kappa shape index (κ3) is 1.69. The summed E-state index contributed by atoms with van der Waals surface area (Å²) in [5.74, 6) is 4.06. The van der Waals surface area contributed by atoms with Crippen molar-refractivity contribution in [2.75, 3.05) is 6.79 Å². The van der Waals surface area contributed by atoms with Gasteiger partial charge in [0.1, 0.15) is 0 Å². The van der Waals surface area contributed by atoms with Gasteiger partial charge in [0, 0.05) is 5.57 Å². The van der Waals surface area contributed by atoms with E-state index in [-0.39, 0.29) is 6.79 Å². The second-order valence-corrected chi connectivity index (χ2v) is 3.32. The summed E-state index contributed by atoms with van der Waals surface area (Å²) < 4.78 is 10.5. The van der Waals surface area contributed by atoms with Crippen molar-refractivity contribution in [3.05, 3.63) is 36.3 Å². The van der Waals surface area contributed by atoms with Crippen LogP contribution in [0.2, 0.25) is 0 Å². The molecule has 2 heteroatoms. The van der Waals surface area contributed by atoms with Crippen molar-refractivity contribution in [1.29, 1.82) is 0 Å². The van der Waals surface area contributed by atoms with Crippen molar-refractivity contribution in [1.82, 2.24) is 0 Å². The van der Waals surface area contributed by atoms with E-state index in [1.807, 2.05) is 25.1 Å². The predicted octanol–water partition coefficient (Wildman–Crippen LogP) is 2.66. The van der Waals surface area contributed by atoms with E-state index in [2.05, 4.69) is 12.8 Å². The Morgan fingerprint density at radius 1 is 1.40 bits per heavy atom. The minimum atomic E-state index is 0.286. The molecule has 0 spiro atoms. The topological polar surface area (TPSA) is 18.5 Å². The maximum Gasteiger partial charge on any atom is 0.231 e. The first-order valence-electron chi connectivity index (χ1n) is 4.62. The van der Waals surface area contributed by atoms with Crippen LogP contribution in [-0.2, 0) is 0 Å². The molecule has 0 bridgehead atoms. The Kier molecular flexibility index (Phi) is 2.39. The number of rotatable bonds is 1. The standard InChI is InChI=1S/C13H11O2/c1-4-9(2)10(3)11-5-6-12-13(7-11)15-8-14-12/h1,5-7H,2,8H2,3H3. The molecule has 0 saturated heterocycles. The minimum Gasteiger partial charge on any atom is -0.454 e. The fourth-order valence-corrected chi connectivity index (χ4v) is 1.41. The van der Waals surface area contributed by atoms with Gasteiger partial charge in [-0.25, -0.2) is 0 Å². The largest absolute Gasteiger partial charge is 0.454 e. The Morgan fingerprint density at radius 2 is 2.13 bits per heavy atom. The Labute approximate surface area is 89.5 Å². The van der Waals surface area contributed by atoms with Crippen molar-refractivity contribution in [2.45, 2.75) is 6.92 Å². The highest BCUT2D eigenvalue weighted by molar-refractivity contribution is 5.73. The van der Waals surface area contributed by atoms with Crippen LogP contribution in [0.1, 0.15) is 12.5 Å². The Morgan fingerprint density at radius 3 is 2.87 bits per heavy atom. The number of benzene rings is 1. The normalized spacial score (nSPS) is 14.5. The van der Waals surface area contributed by atoms with E-state index >= 15 is 0 Å². The maximum absolute atomic E-state index is 5.30. The molecule has 0 aromatic heterocycles. The highest BCUT2D eigenvalue weighted by atomic mass is 16.7. The molecule has 0 aliphatic carbocycles. The highest BCUT2D eigenvalue weighted by Crippen LogP contribution is 2.34. The van der Waals surface area contributed by atoms with Crippen molar-refractivity contribution in [3.63, 3.8) is 0 Å². The van der Waals surface area contributed by atoms with Gasteiger partial charge < -0.3 is 9.47 Å². The van der Waals surface area contributed by atoms with E-state index in [4.69, 9.17) is 15.9 Å². The molecule has 15 heavy (non-hydrogen) atoms. The van der Waals surface area contributed by atoms with Gasteiger partial charge in [-0.3, -0.25) is 0 Å². The average molecular weight is 199 g/mol. The van der Waals surface area contributed by atoms with Gasteiger partial charge >= 0.3 is 0 Å². The average Bonchev–Trinajstić information content (AvgIpc) is 2.73. The van der Waals surface area contributed by atoms with Gasteiger partial charge in [0.25, 0.3) is 0 Å². The molecule has 1 aromatic carbocycles. The molecular weight excluding hydrogens is 188 g/mol. The molecule has 1 aliphatic heterocycles. The molecule has 0 saturated carbocycles. The van der Waals surface area contributed by atoms with Crippen LogP contribution in [0.25, 0.3) is 5.57 Å². The van der Waals surface area contributed by atoms with Gasteiger partial charge in [0.2, 0.25) is 6.79 Å². The number of ether oxygens (including phenoxy) is 2. The first kappa shape index (κ1) is 9.67. The van der Waals surface area contributed by atoms with E-state index in [0.29, 0.717) is 5.57 Å². The zero-order valence-corrected chi connectivity index (χ0v) is 8.54. The molecule has 0 fully saturated rings. The van der Waals surface area contributed by atoms with Crippen molar-refractivity contribution in [2.24, 2.45) is 0 Å². The lowest BCUT2D eigenvalue weighted by Gasteiger charge is -2.04. The summed E-state index contributed by atoms with van der Waals surface area (Å²) in [6, 6.07) is 5.75. The summed E-state index contributed by atoms with van der Waals surface area (Å²) in [6.45, 7) is 6.03. The molecule has 2 rings (SSSR count). The monoisotopic (exact) mass is 199 g/mol. The van der Waals surface area contributed by atoms with E-state index < -0.39 is 0 Å². The van der Waals surface area contributed by atoms with Crippen LogP contribution in [0.4, 0.5) is 0 Å². The molecule has 75 valence electrons. The number of hydrogen-bond acceptors (Lipinski definition) is 2. The number of fused-ring (bicyclic) bond motifs is 1.